The minimum Gasteiger partial charge on any atom is -0.494 e. The average molecular weight is 334 g/mol. The molecular weight excluding hydrogens is 312 g/mol. The number of aromatic nitrogens is 3. The monoisotopic (exact) mass is 334 g/mol. The van der Waals surface area contributed by atoms with Gasteiger partial charge in [0.15, 0.2) is 5.16 Å². The van der Waals surface area contributed by atoms with E-state index in [2.05, 4.69) is 19.7 Å². The fourth-order valence-electron chi connectivity index (χ4n) is 2.40. The first kappa shape index (κ1) is 16.1. The van der Waals surface area contributed by atoms with Crippen LogP contribution in [0.25, 0.3) is 0 Å². The smallest absolute Gasteiger partial charge is 0.227 e. The van der Waals surface area contributed by atoms with Crippen molar-refractivity contribution in [2.75, 3.05) is 43.6 Å². The first-order chi connectivity index (χ1) is 11.3. The number of nitrogens with zero attached hydrogens (tertiary/aromatic N) is 4. The van der Waals surface area contributed by atoms with Crippen molar-refractivity contribution >= 4 is 17.7 Å². The Balaban J connectivity index is 1.42. The summed E-state index contributed by atoms with van der Waals surface area (Å²) in [7, 11) is 2.02. The number of benzene rings is 1. The Hall–Kier alpha value is -1.73. The summed E-state index contributed by atoms with van der Waals surface area (Å²) in [6.45, 7) is 3.98. The fourth-order valence-corrected chi connectivity index (χ4v) is 3.22. The lowest BCUT2D eigenvalue weighted by atomic mass is 10.3. The average Bonchev–Trinajstić information content (AvgIpc) is 2.97. The van der Waals surface area contributed by atoms with Gasteiger partial charge in [0.25, 0.3) is 0 Å². The van der Waals surface area contributed by atoms with Crippen LogP contribution >= 0.6 is 11.8 Å². The van der Waals surface area contributed by atoms with Crippen molar-refractivity contribution in [2.45, 2.75) is 11.6 Å². The van der Waals surface area contributed by atoms with Crippen LogP contribution in [0.15, 0.2) is 35.5 Å². The van der Waals surface area contributed by atoms with Gasteiger partial charge >= 0.3 is 0 Å². The van der Waals surface area contributed by atoms with Gasteiger partial charge in [0.05, 0.1) is 19.8 Å². The van der Waals surface area contributed by atoms with Gasteiger partial charge in [-0.25, -0.2) is 0 Å². The van der Waals surface area contributed by atoms with Crippen LogP contribution in [0.5, 0.6) is 5.75 Å². The van der Waals surface area contributed by atoms with Gasteiger partial charge in [0.1, 0.15) is 5.75 Å². The Morgan fingerprint density at radius 3 is 2.74 bits per heavy atom. The number of thioether (sulfide) groups is 1. The summed E-state index contributed by atoms with van der Waals surface area (Å²) in [6.07, 6.45) is 0.972. The lowest BCUT2D eigenvalue weighted by molar-refractivity contribution is 0.121. The van der Waals surface area contributed by atoms with Crippen LogP contribution in [0.1, 0.15) is 6.42 Å². The Bertz CT molecular complexity index is 599. The van der Waals surface area contributed by atoms with Crippen molar-refractivity contribution < 1.29 is 9.47 Å². The zero-order chi connectivity index (χ0) is 15.9. The first-order valence-corrected chi connectivity index (χ1v) is 8.86. The molecule has 7 heteroatoms. The number of ether oxygens (including phenoxy) is 2. The first-order valence-electron chi connectivity index (χ1n) is 7.87. The summed E-state index contributed by atoms with van der Waals surface area (Å²) in [4.78, 5) is 2.22. The molecule has 0 unspecified atom stereocenters. The second-order valence-electron chi connectivity index (χ2n) is 5.30. The Kier molecular flexibility index (Phi) is 5.76. The van der Waals surface area contributed by atoms with Gasteiger partial charge in [-0.15, -0.1) is 10.2 Å². The minimum atomic E-state index is 0.713. The number of para-hydroxylation sites is 1. The summed E-state index contributed by atoms with van der Waals surface area (Å²) in [5, 5.41) is 9.57. The Morgan fingerprint density at radius 2 is 1.96 bits per heavy atom. The van der Waals surface area contributed by atoms with Crippen LogP contribution in [0, 0.1) is 0 Å². The van der Waals surface area contributed by atoms with Crippen LogP contribution in [-0.2, 0) is 11.8 Å². The maximum Gasteiger partial charge on any atom is 0.227 e. The number of morpholine rings is 1. The number of hydrogen-bond donors (Lipinski definition) is 0. The third-order valence-corrected chi connectivity index (χ3v) is 4.74. The van der Waals surface area contributed by atoms with Gasteiger partial charge in [-0.1, -0.05) is 30.0 Å². The predicted octanol–water partition coefficient (Wildman–Crippen LogP) is 2.21. The highest BCUT2D eigenvalue weighted by Crippen LogP contribution is 2.21. The van der Waals surface area contributed by atoms with E-state index in [0.717, 1.165) is 55.3 Å². The van der Waals surface area contributed by atoms with Gasteiger partial charge in [-0.2, -0.15) is 0 Å². The molecule has 1 fully saturated rings. The standard InChI is InChI=1S/C16H22N4O2S/c1-19-15(20-8-11-21-12-9-20)17-18-16(19)23-13-5-10-22-14-6-3-2-4-7-14/h2-4,6-7H,5,8-13H2,1H3. The van der Waals surface area contributed by atoms with Gasteiger partial charge in [-0.05, 0) is 18.6 Å². The Labute approximate surface area is 140 Å². The molecule has 0 aliphatic carbocycles. The summed E-state index contributed by atoms with van der Waals surface area (Å²) in [6, 6.07) is 9.91. The molecule has 2 aromatic rings. The molecule has 0 atom stereocenters. The zero-order valence-corrected chi connectivity index (χ0v) is 14.2. The van der Waals surface area contributed by atoms with E-state index in [1.165, 1.54) is 0 Å². The third kappa shape index (κ3) is 4.39. The largest absolute Gasteiger partial charge is 0.494 e. The Morgan fingerprint density at radius 1 is 1.17 bits per heavy atom. The molecule has 3 rings (SSSR count). The van der Waals surface area contributed by atoms with Crippen LogP contribution in [0.4, 0.5) is 5.95 Å². The van der Waals surface area contributed by atoms with Crippen molar-refractivity contribution in [3.05, 3.63) is 30.3 Å². The molecule has 1 saturated heterocycles. The normalized spacial score (nSPS) is 14.9. The van der Waals surface area contributed by atoms with Gasteiger partial charge in [0, 0.05) is 25.9 Å². The highest BCUT2D eigenvalue weighted by molar-refractivity contribution is 7.99. The summed E-state index contributed by atoms with van der Waals surface area (Å²) in [5.41, 5.74) is 0. The summed E-state index contributed by atoms with van der Waals surface area (Å²) >= 11 is 1.72. The molecule has 0 radical (unpaired) electrons. The molecule has 0 spiro atoms. The molecule has 23 heavy (non-hydrogen) atoms. The molecule has 1 aromatic carbocycles. The highest BCUT2D eigenvalue weighted by Gasteiger charge is 2.18. The lowest BCUT2D eigenvalue weighted by Crippen LogP contribution is -2.37. The molecule has 124 valence electrons. The van der Waals surface area contributed by atoms with Crippen LogP contribution < -0.4 is 9.64 Å². The minimum absolute atomic E-state index is 0.713. The number of hydrogen-bond acceptors (Lipinski definition) is 6. The predicted molar refractivity (Wildman–Crippen MR) is 91.3 cm³/mol. The van der Waals surface area contributed by atoms with E-state index in [1.54, 1.807) is 11.8 Å². The maximum atomic E-state index is 5.70. The van der Waals surface area contributed by atoms with Crippen molar-refractivity contribution in [3.63, 3.8) is 0 Å². The number of anilines is 1. The van der Waals surface area contributed by atoms with E-state index in [1.807, 2.05) is 37.4 Å². The van der Waals surface area contributed by atoms with Crippen molar-refractivity contribution in [2.24, 2.45) is 7.05 Å². The fraction of sp³-hybridized carbons (Fsp3) is 0.500. The van der Waals surface area contributed by atoms with Crippen LogP contribution in [0.2, 0.25) is 0 Å². The molecule has 1 aliphatic heterocycles. The van der Waals surface area contributed by atoms with Gasteiger partial charge in [-0.3, -0.25) is 4.57 Å². The van der Waals surface area contributed by atoms with E-state index in [-0.39, 0.29) is 0 Å². The van der Waals surface area contributed by atoms with Crippen LogP contribution in [0.3, 0.4) is 0 Å². The topological polar surface area (TPSA) is 52.4 Å². The van der Waals surface area contributed by atoms with Crippen molar-refractivity contribution in [1.29, 1.82) is 0 Å². The summed E-state index contributed by atoms with van der Waals surface area (Å²) < 4.78 is 13.1. The second-order valence-corrected chi connectivity index (χ2v) is 6.37. The third-order valence-electron chi connectivity index (χ3n) is 3.64. The number of rotatable bonds is 7. The molecular formula is C16H22N4O2S. The summed E-state index contributed by atoms with van der Waals surface area (Å²) in [5.74, 6) is 2.81. The lowest BCUT2D eigenvalue weighted by Gasteiger charge is -2.27. The SMILES string of the molecule is Cn1c(SCCCOc2ccccc2)nnc1N1CCOCC1. The van der Waals surface area contributed by atoms with Crippen LogP contribution in [-0.4, -0.2) is 53.4 Å². The van der Waals surface area contributed by atoms with E-state index in [9.17, 15) is 0 Å². The second kappa shape index (κ2) is 8.21. The molecule has 6 nitrogen and oxygen atoms in total. The van der Waals surface area contributed by atoms with E-state index < -0.39 is 0 Å². The molecule has 1 aliphatic rings. The molecule has 0 saturated carbocycles. The molecule has 2 heterocycles. The molecule has 0 amide bonds. The van der Waals surface area contributed by atoms with E-state index in [4.69, 9.17) is 9.47 Å². The zero-order valence-electron chi connectivity index (χ0n) is 13.4. The van der Waals surface area contributed by atoms with E-state index >= 15 is 0 Å². The van der Waals surface area contributed by atoms with Crippen molar-refractivity contribution in [3.8, 4) is 5.75 Å². The molecule has 0 N–H and O–H groups in total. The van der Waals surface area contributed by atoms with Gasteiger partial charge < -0.3 is 14.4 Å². The highest BCUT2D eigenvalue weighted by atomic mass is 32.2. The maximum absolute atomic E-state index is 5.70. The van der Waals surface area contributed by atoms with Crippen molar-refractivity contribution in [1.82, 2.24) is 14.8 Å². The molecule has 0 bridgehead atoms. The van der Waals surface area contributed by atoms with E-state index in [0.29, 0.717) is 6.61 Å². The van der Waals surface area contributed by atoms with Gasteiger partial charge in [0.2, 0.25) is 5.95 Å². The quantitative estimate of drug-likeness (QED) is 0.572. The molecule has 1 aromatic heterocycles.